The van der Waals surface area contributed by atoms with Gasteiger partial charge in [-0.2, -0.15) is 0 Å². The van der Waals surface area contributed by atoms with E-state index in [9.17, 15) is 9.59 Å². The number of amides is 1. The highest BCUT2D eigenvalue weighted by molar-refractivity contribution is 5.98. The van der Waals surface area contributed by atoms with Crippen molar-refractivity contribution in [2.75, 3.05) is 20.3 Å². The molecule has 0 aliphatic carbocycles. The lowest BCUT2D eigenvalue weighted by atomic mass is 10.1. The van der Waals surface area contributed by atoms with Crippen molar-refractivity contribution in [3.8, 4) is 11.5 Å². The van der Waals surface area contributed by atoms with Gasteiger partial charge in [-0.3, -0.25) is 9.59 Å². The fourth-order valence-corrected chi connectivity index (χ4v) is 2.35. The molecule has 25 heavy (non-hydrogen) atoms. The second-order valence-corrected chi connectivity index (χ2v) is 5.98. The standard InChI is InChI=1S/C19H24N2O4/c1-13-5-7-15(8-6-13)19-21-17(14(2)25-19)11-16(22)12-18(23)20-9-4-10-24-3/h5-8H,4,9-12H2,1-3H3,(H,20,23). The minimum Gasteiger partial charge on any atom is -0.441 e. The van der Waals surface area contributed by atoms with E-state index in [1.54, 1.807) is 14.0 Å². The molecule has 0 aliphatic heterocycles. The third-order valence-corrected chi connectivity index (χ3v) is 3.76. The van der Waals surface area contributed by atoms with E-state index in [1.807, 2.05) is 31.2 Å². The molecule has 134 valence electrons. The first kappa shape index (κ1) is 18.9. The molecule has 0 aliphatic rings. The van der Waals surface area contributed by atoms with Gasteiger partial charge in [0.1, 0.15) is 11.5 Å². The van der Waals surface area contributed by atoms with Gasteiger partial charge in [0.25, 0.3) is 0 Å². The SMILES string of the molecule is COCCCNC(=O)CC(=O)Cc1nc(-c2ccc(C)cc2)oc1C. The lowest BCUT2D eigenvalue weighted by Crippen LogP contribution is -2.27. The van der Waals surface area contributed by atoms with Gasteiger partial charge in [-0.1, -0.05) is 17.7 Å². The highest BCUT2D eigenvalue weighted by Crippen LogP contribution is 2.22. The number of oxazole rings is 1. The molecule has 1 amide bonds. The Labute approximate surface area is 147 Å². The summed E-state index contributed by atoms with van der Waals surface area (Å²) in [5.41, 5.74) is 2.59. The van der Waals surface area contributed by atoms with E-state index >= 15 is 0 Å². The van der Waals surface area contributed by atoms with Gasteiger partial charge in [0.05, 0.1) is 18.5 Å². The van der Waals surface area contributed by atoms with Crippen LogP contribution in [0.3, 0.4) is 0 Å². The fraction of sp³-hybridized carbons (Fsp3) is 0.421. The van der Waals surface area contributed by atoms with E-state index < -0.39 is 0 Å². The van der Waals surface area contributed by atoms with E-state index in [0.717, 1.165) is 17.5 Å². The number of methoxy groups -OCH3 is 1. The molecule has 0 saturated carbocycles. The molecule has 0 radical (unpaired) electrons. The number of ether oxygens (including phenoxy) is 1. The topological polar surface area (TPSA) is 81.4 Å². The first-order valence-corrected chi connectivity index (χ1v) is 8.30. The zero-order chi connectivity index (χ0) is 18.2. The van der Waals surface area contributed by atoms with Crippen molar-refractivity contribution >= 4 is 11.7 Å². The normalized spacial score (nSPS) is 10.7. The largest absolute Gasteiger partial charge is 0.441 e. The number of aromatic nitrogens is 1. The van der Waals surface area contributed by atoms with Crippen LogP contribution in [-0.4, -0.2) is 36.9 Å². The Kier molecular flexibility index (Phi) is 6.89. The van der Waals surface area contributed by atoms with Crippen LogP contribution in [-0.2, 0) is 20.7 Å². The second-order valence-electron chi connectivity index (χ2n) is 5.98. The molecule has 2 rings (SSSR count). The van der Waals surface area contributed by atoms with Gasteiger partial charge in [-0.15, -0.1) is 0 Å². The zero-order valence-electron chi connectivity index (χ0n) is 14.9. The molecular weight excluding hydrogens is 320 g/mol. The number of nitrogens with zero attached hydrogens (tertiary/aromatic N) is 1. The van der Waals surface area contributed by atoms with Gasteiger partial charge in [-0.05, 0) is 32.4 Å². The number of aryl methyl sites for hydroxylation is 2. The van der Waals surface area contributed by atoms with E-state index in [4.69, 9.17) is 9.15 Å². The predicted molar refractivity (Wildman–Crippen MR) is 94.2 cm³/mol. The van der Waals surface area contributed by atoms with Crippen molar-refractivity contribution in [3.63, 3.8) is 0 Å². The Balaban J connectivity index is 1.90. The smallest absolute Gasteiger partial charge is 0.227 e. The van der Waals surface area contributed by atoms with Crippen LogP contribution >= 0.6 is 0 Å². The molecule has 1 aromatic carbocycles. The van der Waals surface area contributed by atoms with E-state index in [0.29, 0.717) is 30.5 Å². The molecule has 6 heteroatoms. The van der Waals surface area contributed by atoms with Crippen molar-refractivity contribution in [2.45, 2.75) is 33.1 Å². The van der Waals surface area contributed by atoms with Gasteiger partial charge in [-0.25, -0.2) is 4.98 Å². The van der Waals surface area contributed by atoms with Crippen LogP contribution in [0.15, 0.2) is 28.7 Å². The number of carbonyl (C=O) groups is 2. The van der Waals surface area contributed by atoms with Gasteiger partial charge in [0.2, 0.25) is 11.8 Å². The van der Waals surface area contributed by atoms with Crippen molar-refractivity contribution in [2.24, 2.45) is 0 Å². The maximum atomic E-state index is 12.1. The van der Waals surface area contributed by atoms with Crippen LogP contribution in [0, 0.1) is 13.8 Å². The summed E-state index contributed by atoms with van der Waals surface area (Å²) < 4.78 is 10.6. The summed E-state index contributed by atoms with van der Waals surface area (Å²) in [7, 11) is 1.61. The number of Topliss-reactive ketones (excluding diaryl/α,β-unsaturated/α-hetero) is 1. The molecule has 0 saturated heterocycles. The Morgan fingerprint density at radius 1 is 1.20 bits per heavy atom. The molecule has 0 bridgehead atoms. The van der Waals surface area contributed by atoms with Crippen LogP contribution in [0.1, 0.15) is 29.9 Å². The molecule has 1 N–H and O–H groups in total. The zero-order valence-corrected chi connectivity index (χ0v) is 14.9. The van der Waals surface area contributed by atoms with Crippen molar-refractivity contribution < 1.29 is 18.7 Å². The van der Waals surface area contributed by atoms with E-state index in [2.05, 4.69) is 10.3 Å². The summed E-state index contributed by atoms with van der Waals surface area (Å²) in [6, 6.07) is 7.82. The van der Waals surface area contributed by atoms with Crippen molar-refractivity contribution in [1.82, 2.24) is 10.3 Å². The number of hydrogen-bond donors (Lipinski definition) is 1. The van der Waals surface area contributed by atoms with Crippen molar-refractivity contribution in [1.29, 1.82) is 0 Å². The molecule has 0 unspecified atom stereocenters. The predicted octanol–water partition coefficient (Wildman–Crippen LogP) is 2.61. The van der Waals surface area contributed by atoms with Crippen molar-refractivity contribution in [3.05, 3.63) is 41.3 Å². The minimum atomic E-state index is -0.277. The Morgan fingerprint density at radius 3 is 2.60 bits per heavy atom. The highest BCUT2D eigenvalue weighted by Gasteiger charge is 2.16. The lowest BCUT2D eigenvalue weighted by Gasteiger charge is -2.03. The third kappa shape index (κ3) is 5.83. The monoisotopic (exact) mass is 344 g/mol. The Hall–Kier alpha value is -2.47. The molecule has 1 aromatic heterocycles. The summed E-state index contributed by atoms with van der Waals surface area (Å²) in [6.45, 7) is 4.86. The second kappa shape index (κ2) is 9.13. The van der Waals surface area contributed by atoms with E-state index in [-0.39, 0.29) is 24.5 Å². The Bertz CT molecular complexity index is 720. The molecule has 0 fully saturated rings. The number of carbonyl (C=O) groups excluding carboxylic acids is 2. The van der Waals surface area contributed by atoms with E-state index in [1.165, 1.54) is 0 Å². The quantitative estimate of drug-likeness (QED) is 0.558. The van der Waals surface area contributed by atoms with Crippen LogP contribution in [0.2, 0.25) is 0 Å². The first-order chi connectivity index (χ1) is 12.0. The molecule has 1 heterocycles. The van der Waals surface area contributed by atoms with Gasteiger partial charge in [0, 0.05) is 25.8 Å². The first-order valence-electron chi connectivity index (χ1n) is 8.30. The maximum absolute atomic E-state index is 12.1. The number of nitrogens with one attached hydrogen (secondary N) is 1. The number of ketones is 1. The minimum absolute atomic E-state index is 0.0900. The fourth-order valence-electron chi connectivity index (χ4n) is 2.35. The highest BCUT2D eigenvalue weighted by atomic mass is 16.5. The summed E-state index contributed by atoms with van der Waals surface area (Å²) in [6.07, 6.45) is 0.657. The average molecular weight is 344 g/mol. The summed E-state index contributed by atoms with van der Waals surface area (Å²) in [5, 5.41) is 2.70. The lowest BCUT2D eigenvalue weighted by molar-refractivity contribution is -0.127. The third-order valence-electron chi connectivity index (χ3n) is 3.76. The van der Waals surface area contributed by atoms with Crippen LogP contribution in [0.5, 0.6) is 0 Å². The average Bonchev–Trinajstić information content (AvgIpc) is 2.93. The van der Waals surface area contributed by atoms with Crippen LogP contribution in [0.4, 0.5) is 0 Å². The summed E-state index contributed by atoms with van der Waals surface area (Å²) >= 11 is 0. The number of benzene rings is 1. The summed E-state index contributed by atoms with van der Waals surface area (Å²) in [5.74, 6) is 0.630. The van der Waals surface area contributed by atoms with Gasteiger partial charge in [0.15, 0.2) is 0 Å². The maximum Gasteiger partial charge on any atom is 0.227 e. The van der Waals surface area contributed by atoms with Crippen LogP contribution in [0.25, 0.3) is 11.5 Å². The van der Waals surface area contributed by atoms with Gasteiger partial charge < -0.3 is 14.5 Å². The van der Waals surface area contributed by atoms with Gasteiger partial charge >= 0.3 is 0 Å². The number of hydrogen-bond acceptors (Lipinski definition) is 5. The molecule has 0 atom stereocenters. The molecule has 0 spiro atoms. The number of rotatable bonds is 9. The van der Waals surface area contributed by atoms with Crippen LogP contribution < -0.4 is 5.32 Å². The molecule has 6 nitrogen and oxygen atoms in total. The molecule has 2 aromatic rings. The summed E-state index contributed by atoms with van der Waals surface area (Å²) in [4.78, 5) is 28.2. The Morgan fingerprint density at radius 2 is 1.92 bits per heavy atom. The molecular formula is C19H24N2O4.